The largest absolute Gasteiger partial charge is 0.396 e. The van der Waals surface area contributed by atoms with Gasteiger partial charge in [-0.15, -0.1) is 0 Å². The van der Waals surface area contributed by atoms with Gasteiger partial charge in [0, 0.05) is 12.6 Å². The second-order valence-corrected chi connectivity index (χ2v) is 3.96. The Labute approximate surface area is 97.4 Å². The molecule has 1 aromatic carbocycles. The maximum Gasteiger partial charge on any atom is 0.0924 e. The summed E-state index contributed by atoms with van der Waals surface area (Å²) in [7, 11) is 1.81. The molecule has 0 aliphatic heterocycles. The van der Waals surface area contributed by atoms with Gasteiger partial charge in [0.2, 0.25) is 0 Å². The van der Waals surface area contributed by atoms with Crippen LogP contribution in [-0.2, 0) is 7.05 Å². The fraction of sp³-hybridized carbons (Fsp3) is 0.100. The Morgan fingerprint density at radius 2 is 2.07 bits per heavy atom. The van der Waals surface area contributed by atoms with Gasteiger partial charge in [-0.1, -0.05) is 35.3 Å². The van der Waals surface area contributed by atoms with Gasteiger partial charge in [0.1, 0.15) is 0 Å². The summed E-state index contributed by atoms with van der Waals surface area (Å²) < 4.78 is 1.67. The first-order valence-electron chi connectivity index (χ1n) is 4.33. The zero-order chi connectivity index (χ0) is 11.0. The highest BCUT2D eigenvalue weighted by Crippen LogP contribution is 2.35. The number of benzene rings is 1. The molecule has 0 amide bonds. The van der Waals surface area contributed by atoms with E-state index >= 15 is 0 Å². The number of rotatable bonds is 1. The highest BCUT2D eigenvalue weighted by molar-refractivity contribution is 6.43. The number of anilines is 1. The van der Waals surface area contributed by atoms with Gasteiger partial charge in [-0.05, 0) is 6.07 Å². The molecule has 0 aliphatic rings. The summed E-state index contributed by atoms with van der Waals surface area (Å²) in [6, 6.07) is 5.43. The van der Waals surface area contributed by atoms with Gasteiger partial charge in [0.05, 0.1) is 27.6 Å². The second-order valence-electron chi connectivity index (χ2n) is 3.17. The minimum absolute atomic E-state index is 0.495. The average Bonchev–Trinajstić information content (AvgIpc) is 2.52. The van der Waals surface area contributed by atoms with Crippen LogP contribution in [0.25, 0.3) is 11.3 Å². The summed E-state index contributed by atoms with van der Waals surface area (Å²) in [6.45, 7) is 0. The minimum atomic E-state index is 0.495. The van der Waals surface area contributed by atoms with Crippen molar-refractivity contribution in [1.29, 1.82) is 0 Å². The molecule has 78 valence electrons. The molecule has 0 radical (unpaired) electrons. The molecule has 1 aromatic heterocycles. The van der Waals surface area contributed by atoms with Crippen molar-refractivity contribution in [3.05, 3.63) is 34.4 Å². The van der Waals surface area contributed by atoms with E-state index in [-0.39, 0.29) is 0 Å². The number of hydrogen-bond acceptors (Lipinski definition) is 2. The van der Waals surface area contributed by atoms with Crippen LogP contribution in [0.15, 0.2) is 24.4 Å². The predicted molar refractivity (Wildman–Crippen MR) is 63.1 cm³/mol. The van der Waals surface area contributed by atoms with E-state index in [9.17, 15) is 0 Å². The minimum Gasteiger partial charge on any atom is -0.396 e. The summed E-state index contributed by atoms with van der Waals surface area (Å²) in [4.78, 5) is 0. The Kier molecular flexibility index (Phi) is 2.59. The maximum atomic E-state index is 6.10. The lowest BCUT2D eigenvalue weighted by molar-refractivity contribution is 0.776. The molecule has 2 rings (SSSR count). The predicted octanol–water partition coefficient (Wildman–Crippen LogP) is 2.98. The van der Waals surface area contributed by atoms with Gasteiger partial charge in [-0.25, -0.2) is 0 Å². The third-order valence-electron chi connectivity index (χ3n) is 2.17. The molecule has 0 saturated heterocycles. The Morgan fingerprint density at radius 1 is 1.33 bits per heavy atom. The Hall–Kier alpha value is -1.19. The zero-order valence-corrected chi connectivity index (χ0v) is 9.55. The Bertz CT molecular complexity index is 486. The molecule has 5 heteroatoms. The van der Waals surface area contributed by atoms with Crippen LogP contribution in [0.1, 0.15) is 0 Å². The molecule has 0 bridgehead atoms. The quantitative estimate of drug-likeness (QED) is 0.835. The van der Waals surface area contributed by atoms with Crippen molar-refractivity contribution in [1.82, 2.24) is 9.78 Å². The highest BCUT2D eigenvalue weighted by Gasteiger charge is 2.13. The third kappa shape index (κ3) is 1.68. The van der Waals surface area contributed by atoms with Gasteiger partial charge < -0.3 is 5.73 Å². The van der Waals surface area contributed by atoms with Crippen molar-refractivity contribution in [3.63, 3.8) is 0 Å². The monoisotopic (exact) mass is 241 g/mol. The van der Waals surface area contributed by atoms with Gasteiger partial charge >= 0.3 is 0 Å². The van der Waals surface area contributed by atoms with E-state index in [1.165, 1.54) is 0 Å². The van der Waals surface area contributed by atoms with E-state index in [1.807, 2.05) is 19.2 Å². The first-order valence-corrected chi connectivity index (χ1v) is 5.08. The van der Waals surface area contributed by atoms with Crippen molar-refractivity contribution in [3.8, 4) is 11.3 Å². The van der Waals surface area contributed by atoms with Crippen LogP contribution >= 0.6 is 23.2 Å². The van der Waals surface area contributed by atoms with Crippen LogP contribution in [0.3, 0.4) is 0 Å². The van der Waals surface area contributed by atoms with E-state index in [0.717, 1.165) is 11.3 Å². The van der Waals surface area contributed by atoms with Gasteiger partial charge in [-0.2, -0.15) is 5.10 Å². The number of nitrogens with zero attached hydrogens (tertiary/aromatic N) is 2. The van der Waals surface area contributed by atoms with E-state index < -0.39 is 0 Å². The first-order chi connectivity index (χ1) is 7.11. The molecule has 0 aliphatic carbocycles. The summed E-state index contributed by atoms with van der Waals surface area (Å²) in [5.74, 6) is 0. The molecule has 2 aromatic rings. The molecule has 0 spiro atoms. The van der Waals surface area contributed by atoms with Gasteiger partial charge in [0.25, 0.3) is 0 Å². The van der Waals surface area contributed by atoms with Gasteiger partial charge in [-0.3, -0.25) is 4.68 Å². The third-order valence-corrected chi connectivity index (χ3v) is 2.99. The molecule has 1 heterocycles. The number of aromatic nitrogens is 2. The van der Waals surface area contributed by atoms with Crippen LogP contribution in [0.4, 0.5) is 5.69 Å². The number of aryl methyl sites for hydroxylation is 1. The molecule has 0 saturated carbocycles. The lowest BCUT2D eigenvalue weighted by Crippen LogP contribution is -1.96. The summed E-state index contributed by atoms with van der Waals surface area (Å²) in [5, 5.41) is 5.06. The molecule has 15 heavy (non-hydrogen) atoms. The second kappa shape index (κ2) is 3.76. The normalized spacial score (nSPS) is 10.6. The summed E-state index contributed by atoms with van der Waals surface area (Å²) in [5.41, 5.74) is 7.97. The van der Waals surface area contributed by atoms with Crippen molar-refractivity contribution in [2.75, 3.05) is 5.73 Å². The lowest BCUT2D eigenvalue weighted by atomic mass is 10.1. The summed E-state index contributed by atoms with van der Waals surface area (Å²) >= 11 is 12.0. The standard InChI is InChI=1S/C10H9Cl2N3/c1-15-10(8(13)5-14-15)6-3-2-4-7(11)9(6)12/h2-5H,13H2,1H3. The molecule has 0 fully saturated rings. The van der Waals surface area contributed by atoms with Gasteiger partial charge in [0.15, 0.2) is 0 Å². The molecular formula is C10H9Cl2N3. The molecule has 2 N–H and O–H groups in total. The Morgan fingerprint density at radius 3 is 2.67 bits per heavy atom. The van der Waals surface area contributed by atoms with Crippen molar-refractivity contribution in [2.45, 2.75) is 0 Å². The number of hydrogen-bond donors (Lipinski definition) is 1. The van der Waals surface area contributed by atoms with Crippen LogP contribution in [0, 0.1) is 0 Å². The molecular weight excluding hydrogens is 233 g/mol. The van der Waals surface area contributed by atoms with Crippen LogP contribution in [0.5, 0.6) is 0 Å². The van der Waals surface area contributed by atoms with Crippen LogP contribution in [-0.4, -0.2) is 9.78 Å². The van der Waals surface area contributed by atoms with Crippen molar-refractivity contribution in [2.24, 2.45) is 7.05 Å². The molecule has 0 unspecified atom stereocenters. The SMILES string of the molecule is Cn1ncc(N)c1-c1cccc(Cl)c1Cl. The van der Waals surface area contributed by atoms with Crippen molar-refractivity contribution >= 4 is 28.9 Å². The Balaban J connectivity index is 2.69. The van der Waals surface area contributed by atoms with E-state index in [0.29, 0.717) is 15.7 Å². The smallest absolute Gasteiger partial charge is 0.0924 e. The number of nitrogen functional groups attached to an aromatic ring is 1. The lowest BCUT2D eigenvalue weighted by Gasteiger charge is -2.07. The van der Waals surface area contributed by atoms with Crippen LogP contribution in [0.2, 0.25) is 10.0 Å². The van der Waals surface area contributed by atoms with E-state index in [2.05, 4.69) is 5.10 Å². The fourth-order valence-electron chi connectivity index (χ4n) is 1.47. The maximum absolute atomic E-state index is 6.10. The number of nitrogens with two attached hydrogens (primary N) is 1. The number of halogens is 2. The summed E-state index contributed by atoms with van der Waals surface area (Å²) in [6.07, 6.45) is 1.59. The topological polar surface area (TPSA) is 43.8 Å². The highest BCUT2D eigenvalue weighted by atomic mass is 35.5. The first kappa shape index (κ1) is 10.3. The zero-order valence-electron chi connectivity index (χ0n) is 8.04. The molecule has 0 atom stereocenters. The van der Waals surface area contributed by atoms with Crippen LogP contribution < -0.4 is 5.73 Å². The van der Waals surface area contributed by atoms with E-state index in [1.54, 1.807) is 16.9 Å². The average molecular weight is 242 g/mol. The molecule has 3 nitrogen and oxygen atoms in total. The van der Waals surface area contributed by atoms with Crippen molar-refractivity contribution < 1.29 is 0 Å². The van der Waals surface area contributed by atoms with E-state index in [4.69, 9.17) is 28.9 Å². The fourth-order valence-corrected chi connectivity index (χ4v) is 1.86.